The molecule has 19 heavy (non-hydrogen) atoms. The van der Waals surface area contributed by atoms with E-state index in [0.29, 0.717) is 12.1 Å². The highest BCUT2D eigenvalue weighted by molar-refractivity contribution is 5.47. The Morgan fingerprint density at radius 3 is 2.21 bits per heavy atom. The Labute approximate surface area is 102 Å². The molecular weight excluding hydrogens is 279 g/mol. The molecule has 0 aromatic heterocycles. The minimum absolute atomic E-state index is 0.405. The number of nitrogens with zero attached hydrogens (tertiary/aromatic N) is 1. The molecule has 0 radical (unpaired) electrons. The van der Waals surface area contributed by atoms with Crippen molar-refractivity contribution in [1.29, 1.82) is 0 Å². The van der Waals surface area contributed by atoms with Crippen LogP contribution in [-0.4, -0.2) is 22.1 Å². The molecule has 0 aliphatic heterocycles. The van der Waals surface area contributed by atoms with Crippen LogP contribution >= 0.6 is 0 Å². The number of benzene rings is 1. The zero-order valence-electron chi connectivity index (χ0n) is 8.99. The first-order valence-electron chi connectivity index (χ1n) is 4.66. The lowest BCUT2D eigenvalue weighted by molar-refractivity contribution is -0.386. The summed E-state index contributed by atoms with van der Waals surface area (Å²) in [6.07, 6.45) is -5.97. The van der Waals surface area contributed by atoms with Gasteiger partial charge in [0.1, 0.15) is 11.8 Å². The quantitative estimate of drug-likeness (QED) is 0.507. The lowest BCUT2D eigenvalue weighted by Gasteiger charge is -2.25. The standard InChI is InChI=1S/C9H7F5N2O3/c10-8(11,9(12,13)14)7(15)5-3-4(17)1-2-6(5)16(18)19/h1-3,7,17H,15H2/t7-/m1/s1. The van der Waals surface area contributed by atoms with Gasteiger partial charge in [-0.15, -0.1) is 0 Å². The van der Waals surface area contributed by atoms with E-state index in [0.717, 1.165) is 6.07 Å². The summed E-state index contributed by atoms with van der Waals surface area (Å²) < 4.78 is 62.5. The maximum absolute atomic E-state index is 13.0. The summed E-state index contributed by atoms with van der Waals surface area (Å²) in [5.41, 5.74) is 2.64. The topological polar surface area (TPSA) is 89.4 Å². The predicted molar refractivity (Wildman–Crippen MR) is 52.7 cm³/mol. The van der Waals surface area contributed by atoms with Crippen molar-refractivity contribution < 1.29 is 32.0 Å². The number of alkyl halides is 5. The summed E-state index contributed by atoms with van der Waals surface area (Å²) in [6.45, 7) is 0. The summed E-state index contributed by atoms with van der Waals surface area (Å²) >= 11 is 0. The summed E-state index contributed by atoms with van der Waals surface area (Å²) in [6, 6.07) is -1.22. The van der Waals surface area contributed by atoms with Crippen LogP contribution in [0.2, 0.25) is 0 Å². The van der Waals surface area contributed by atoms with E-state index in [2.05, 4.69) is 0 Å². The van der Waals surface area contributed by atoms with Crippen molar-refractivity contribution in [3.05, 3.63) is 33.9 Å². The van der Waals surface area contributed by atoms with Crippen LogP contribution in [-0.2, 0) is 0 Å². The van der Waals surface area contributed by atoms with Gasteiger partial charge in [-0.05, 0) is 12.1 Å². The van der Waals surface area contributed by atoms with Gasteiger partial charge in [0.25, 0.3) is 5.69 Å². The predicted octanol–water partition coefficient (Wildman–Crippen LogP) is 2.50. The fraction of sp³-hybridized carbons (Fsp3) is 0.333. The van der Waals surface area contributed by atoms with Gasteiger partial charge in [0.2, 0.25) is 0 Å². The minimum Gasteiger partial charge on any atom is -0.508 e. The summed E-state index contributed by atoms with van der Waals surface area (Å²) in [5, 5.41) is 19.6. The van der Waals surface area contributed by atoms with E-state index in [4.69, 9.17) is 10.8 Å². The van der Waals surface area contributed by atoms with E-state index >= 15 is 0 Å². The second-order valence-electron chi connectivity index (χ2n) is 3.60. The molecule has 0 aliphatic carbocycles. The molecule has 3 N–H and O–H groups in total. The van der Waals surface area contributed by atoms with E-state index in [-0.39, 0.29) is 0 Å². The maximum Gasteiger partial charge on any atom is 0.455 e. The monoisotopic (exact) mass is 286 g/mol. The normalized spacial score (nSPS) is 14.2. The Kier molecular flexibility index (Phi) is 3.66. The fourth-order valence-corrected chi connectivity index (χ4v) is 1.33. The Balaban J connectivity index is 3.37. The second kappa shape index (κ2) is 4.61. The van der Waals surface area contributed by atoms with Crippen molar-refractivity contribution in [2.24, 2.45) is 5.73 Å². The Morgan fingerprint density at radius 1 is 1.26 bits per heavy atom. The van der Waals surface area contributed by atoms with Crippen LogP contribution in [0.5, 0.6) is 5.75 Å². The van der Waals surface area contributed by atoms with Gasteiger partial charge in [-0.1, -0.05) is 0 Å². The summed E-state index contributed by atoms with van der Waals surface area (Å²) in [7, 11) is 0. The average molecular weight is 286 g/mol. The molecule has 0 spiro atoms. The van der Waals surface area contributed by atoms with Crippen molar-refractivity contribution in [3.8, 4) is 5.75 Å². The second-order valence-corrected chi connectivity index (χ2v) is 3.60. The third-order valence-corrected chi connectivity index (χ3v) is 2.31. The number of nitro groups is 1. The number of rotatable bonds is 3. The van der Waals surface area contributed by atoms with E-state index in [1.165, 1.54) is 0 Å². The molecule has 0 unspecified atom stereocenters. The maximum atomic E-state index is 13.0. The van der Waals surface area contributed by atoms with E-state index in [1.807, 2.05) is 0 Å². The van der Waals surface area contributed by atoms with Gasteiger partial charge in [0.15, 0.2) is 0 Å². The molecule has 0 saturated heterocycles. The highest BCUT2D eigenvalue weighted by atomic mass is 19.4. The lowest BCUT2D eigenvalue weighted by atomic mass is 9.99. The molecule has 0 amide bonds. The van der Waals surface area contributed by atoms with Crippen LogP contribution in [0.15, 0.2) is 18.2 Å². The summed E-state index contributed by atoms with van der Waals surface area (Å²) in [5.74, 6) is -6.08. The third kappa shape index (κ3) is 2.72. The molecule has 106 valence electrons. The van der Waals surface area contributed by atoms with Crippen molar-refractivity contribution in [2.45, 2.75) is 18.1 Å². The molecule has 0 bridgehead atoms. The van der Waals surface area contributed by atoms with Gasteiger partial charge < -0.3 is 10.8 Å². The molecule has 0 heterocycles. The Hall–Kier alpha value is -1.97. The van der Waals surface area contributed by atoms with Gasteiger partial charge in [-0.2, -0.15) is 22.0 Å². The van der Waals surface area contributed by atoms with Crippen LogP contribution in [0.4, 0.5) is 27.6 Å². The molecule has 10 heteroatoms. The zero-order chi connectivity index (χ0) is 15.0. The molecule has 1 rings (SSSR count). The number of hydrogen-bond acceptors (Lipinski definition) is 4. The van der Waals surface area contributed by atoms with Gasteiger partial charge in [0.05, 0.1) is 10.5 Å². The fourth-order valence-electron chi connectivity index (χ4n) is 1.33. The van der Waals surface area contributed by atoms with Gasteiger partial charge in [-0.25, -0.2) is 0 Å². The highest BCUT2D eigenvalue weighted by Crippen LogP contribution is 2.45. The number of phenols is 1. The van der Waals surface area contributed by atoms with Gasteiger partial charge in [-0.3, -0.25) is 10.1 Å². The van der Waals surface area contributed by atoms with Gasteiger partial charge in [0, 0.05) is 6.07 Å². The molecule has 0 aliphatic rings. The lowest BCUT2D eigenvalue weighted by Crippen LogP contribution is -2.46. The Morgan fingerprint density at radius 2 is 1.79 bits per heavy atom. The first-order chi connectivity index (χ1) is 8.48. The van der Waals surface area contributed by atoms with Gasteiger partial charge >= 0.3 is 12.1 Å². The number of nitrogens with two attached hydrogens (primary N) is 1. The first kappa shape index (κ1) is 15.1. The third-order valence-electron chi connectivity index (χ3n) is 2.31. The SMILES string of the molecule is N[C@H](c1cc(O)ccc1[N+](=O)[O-])C(F)(F)C(F)(F)F. The smallest absolute Gasteiger partial charge is 0.455 e. The molecule has 1 aromatic carbocycles. The van der Waals surface area contributed by atoms with Crippen LogP contribution in [0.1, 0.15) is 11.6 Å². The number of nitro benzene ring substituents is 1. The number of halogens is 5. The van der Waals surface area contributed by atoms with Crippen LogP contribution in [0, 0.1) is 10.1 Å². The van der Waals surface area contributed by atoms with Crippen molar-refractivity contribution in [2.75, 3.05) is 0 Å². The molecule has 5 nitrogen and oxygen atoms in total. The minimum atomic E-state index is -5.97. The number of hydrogen-bond donors (Lipinski definition) is 2. The van der Waals surface area contributed by atoms with Crippen LogP contribution in [0.25, 0.3) is 0 Å². The molecule has 0 fully saturated rings. The number of phenolic OH excluding ortho intramolecular Hbond substituents is 1. The average Bonchev–Trinajstić information content (AvgIpc) is 2.25. The largest absolute Gasteiger partial charge is 0.508 e. The summed E-state index contributed by atoms with van der Waals surface area (Å²) in [4.78, 5) is 9.39. The van der Waals surface area contributed by atoms with Crippen molar-refractivity contribution in [1.82, 2.24) is 0 Å². The molecule has 1 aromatic rings. The van der Waals surface area contributed by atoms with Crippen LogP contribution in [0.3, 0.4) is 0 Å². The van der Waals surface area contributed by atoms with E-state index < -0.39 is 40.1 Å². The molecular formula is C9H7F5N2O3. The first-order valence-corrected chi connectivity index (χ1v) is 4.66. The van der Waals surface area contributed by atoms with Crippen LogP contribution < -0.4 is 5.73 Å². The van der Waals surface area contributed by atoms with E-state index in [1.54, 1.807) is 0 Å². The van der Waals surface area contributed by atoms with Crippen molar-refractivity contribution in [3.63, 3.8) is 0 Å². The number of aromatic hydroxyl groups is 1. The van der Waals surface area contributed by atoms with E-state index in [9.17, 15) is 32.1 Å². The zero-order valence-corrected chi connectivity index (χ0v) is 8.99. The molecule has 0 saturated carbocycles. The molecule has 1 atom stereocenters. The Bertz CT molecular complexity index is 503. The van der Waals surface area contributed by atoms with Crippen molar-refractivity contribution >= 4 is 5.69 Å². The highest BCUT2D eigenvalue weighted by Gasteiger charge is 2.62.